The zero-order valence-electron chi connectivity index (χ0n) is 10.8. The zero-order chi connectivity index (χ0) is 12.5. The van der Waals surface area contributed by atoms with Crippen LogP contribution in [-0.4, -0.2) is 18.6 Å². The van der Waals surface area contributed by atoms with Crippen LogP contribution in [0.3, 0.4) is 0 Å². The van der Waals surface area contributed by atoms with E-state index in [0.717, 1.165) is 29.1 Å². The fourth-order valence-electron chi connectivity index (χ4n) is 2.65. The predicted molar refractivity (Wildman–Crippen MR) is 76.8 cm³/mol. The lowest BCUT2D eigenvalue weighted by Gasteiger charge is -2.31. The summed E-state index contributed by atoms with van der Waals surface area (Å²) in [5, 5.41) is 1.05. The second kappa shape index (κ2) is 4.48. The van der Waals surface area contributed by atoms with E-state index in [1.165, 1.54) is 24.9 Å². The van der Waals surface area contributed by atoms with E-state index in [2.05, 4.69) is 23.0 Å². The van der Waals surface area contributed by atoms with Gasteiger partial charge < -0.3 is 10.6 Å². The third-order valence-corrected chi connectivity index (χ3v) is 3.95. The van der Waals surface area contributed by atoms with E-state index in [9.17, 15) is 0 Å². The average molecular weight is 241 g/mol. The number of anilines is 2. The normalized spacial score (nSPS) is 15.6. The SMILES string of the molecule is CN(CC1CCC1)c1ccc(N)c2cccnc12. The highest BCUT2D eigenvalue weighted by Crippen LogP contribution is 2.32. The van der Waals surface area contributed by atoms with Gasteiger partial charge in [0.05, 0.1) is 11.2 Å². The van der Waals surface area contributed by atoms with E-state index in [1.54, 1.807) is 0 Å². The first-order chi connectivity index (χ1) is 8.75. The van der Waals surface area contributed by atoms with Crippen molar-refractivity contribution in [2.75, 3.05) is 24.2 Å². The van der Waals surface area contributed by atoms with Gasteiger partial charge in [0.2, 0.25) is 0 Å². The largest absolute Gasteiger partial charge is 0.398 e. The molecule has 2 aromatic rings. The minimum atomic E-state index is 0.805. The van der Waals surface area contributed by atoms with E-state index in [4.69, 9.17) is 5.73 Å². The molecule has 1 aromatic heterocycles. The Morgan fingerprint density at radius 2 is 2.17 bits per heavy atom. The fourth-order valence-corrected chi connectivity index (χ4v) is 2.65. The topological polar surface area (TPSA) is 42.1 Å². The van der Waals surface area contributed by atoms with Gasteiger partial charge in [-0.3, -0.25) is 4.98 Å². The number of rotatable bonds is 3. The van der Waals surface area contributed by atoms with Crippen molar-refractivity contribution in [1.82, 2.24) is 4.98 Å². The van der Waals surface area contributed by atoms with Gasteiger partial charge in [0.1, 0.15) is 0 Å². The molecule has 2 N–H and O–H groups in total. The van der Waals surface area contributed by atoms with Gasteiger partial charge in [-0.1, -0.05) is 6.42 Å². The van der Waals surface area contributed by atoms with E-state index in [1.807, 2.05) is 24.4 Å². The number of nitrogens with zero attached hydrogens (tertiary/aromatic N) is 2. The molecular weight excluding hydrogens is 222 g/mol. The first kappa shape index (κ1) is 11.3. The second-order valence-electron chi connectivity index (χ2n) is 5.25. The fraction of sp³-hybridized carbons (Fsp3) is 0.400. The van der Waals surface area contributed by atoms with Gasteiger partial charge in [0.25, 0.3) is 0 Å². The molecule has 3 heteroatoms. The lowest BCUT2D eigenvalue weighted by molar-refractivity contribution is 0.321. The molecule has 0 unspecified atom stereocenters. The van der Waals surface area contributed by atoms with Crippen molar-refractivity contribution in [3.63, 3.8) is 0 Å². The summed E-state index contributed by atoms with van der Waals surface area (Å²) in [5.41, 5.74) is 9.01. The number of nitrogens with two attached hydrogens (primary N) is 1. The Kier molecular flexibility index (Phi) is 2.82. The van der Waals surface area contributed by atoms with Crippen LogP contribution in [0.5, 0.6) is 0 Å². The molecule has 1 aromatic carbocycles. The first-order valence-electron chi connectivity index (χ1n) is 6.60. The molecule has 1 aliphatic carbocycles. The van der Waals surface area contributed by atoms with E-state index >= 15 is 0 Å². The molecule has 0 amide bonds. The Morgan fingerprint density at radius 1 is 1.33 bits per heavy atom. The van der Waals surface area contributed by atoms with Crippen molar-refractivity contribution in [3.8, 4) is 0 Å². The van der Waals surface area contributed by atoms with Gasteiger partial charge in [0.15, 0.2) is 0 Å². The highest BCUT2D eigenvalue weighted by Gasteiger charge is 2.20. The molecule has 94 valence electrons. The van der Waals surface area contributed by atoms with Crippen molar-refractivity contribution >= 4 is 22.3 Å². The maximum atomic E-state index is 6.01. The second-order valence-corrected chi connectivity index (χ2v) is 5.25. The third-order valence-electron chi connectivity index (χ3n) is 3.95. The van der Waals surface area contributed by atoms with Crippen LogP contribution in [-0.2, 0) is 0 Å². The summed E-state index contributed by atoms with van der Waals surface area (Å²) in [4.78, 5) is 6.81. The summed E-state index contributed by atoms with van der Waals surface area (Å²) in [6, 6.07) is 8.05. The monoisotopic (exact) mass is 241 g/mol. The van der Waals surface area contributed by atoms with Crippen LogP contribution >= 0.6 is 0 Å². The van der Waals surface area contributed by atoms with Gasteiger partial charge in [-0.2, -0.15) is 0 Å². The van der Waals surface area contributed by atoms with Gasteiger partial charge in [0, 0.05) is 30.9 Å². The summed E-state index contributed by atoms with van der Waals surface area (Å²) >= 11 is 0. The highest BCUT2D eigenvalue weighted by atomic mass is 15.1. The van der Waals surface area contributed by atoms with Crippen molar-refractivity contribution in [2.45, 2.75) is 19.3 Å². The average Bonchev–Trinajstić information content (AvgIpc) is 2.34. The molecule has 1 aliphatic rings. The van der Waals surface area contributed by atoms with Crippen LogP contribution in [0.4, 0.5) is 11.4 Å². The molecule has 3 nitrogen and oxygen atoms in total. The molecule has 18 heavy (non-hydrogen) atoms. The third kappa shape index (κ3) is 1.90. The molecule has 3 rings (SSSR count). The number of hydrogen-bond acceptors (Lipinski definition) is 3. The van der Waals surface area contributed by atoms with Gasteiger partial charge in [-0.15, -0.1) is 0 Å². The number of nitrogen functional groups attached to an aromatic ring is 1. The maximum absolute atomic E-state index is 6.01. The van der Waals surface area contributed by atoms with Gasteiger partial charge >= 0.3 is 0 Å². The molecule has 0 spiro atoms. The number of aromatic nitrogens is 1. The Hall–Kier alpha value is -1.77. The smallest absolute Gasteiger partial charge is 0.0955 e. The minimum absolute atomic E-state index is 0.805. The van der Waals surface area contributed by atoms with Gasteiger partial charge in [-0.25, -0.2) is 0 Å². The summed E-state index contributed by atoms with van der Waals surface area (Å²) < 4.78 is 0. The Balaban J connectivity index is 1.97. The molecule has 0 aliphatic heterocycles. The van der Waals surface area contributed by atoms with Crippen LogP contribution < -0.4 is 10.6 Å². The predicted octanol–water partition coefficient (Wildman–Crippen LogP) is 3.05. The number of benzene rings is 1. The van der Waals surface area contributed by atoms with Crippen molar-refractivity contribution in [2.24, 2.45) is 5.92 Å². The standard InChI is InChI=1S/C15H19N3/c1-18(10-11-4-2-5-11)14-8-7-13(16)12-6-3-9-17-15(12)14/h3,6-9,11H,2,4-5,10,16H2,1H3. The maximum Gasteiger partial charge on any atom is 0.0955 e. The Morgan fingerprint density at radius 3 is 2.89 bits per heavy atom. The Labute approximate surface area is 108 Å². The molecule has 1 heterocycles. The van der Waals surface area contributed by atoms with Gasteiger partial charge in [-0.05, 0) is 43.0 Å². The number of fused-ring (bicyclic) bond motifs is 1. The highest BCUT2D eigenvalue weighted by molar-refractivity contribution is 5.98. The molecule has 0 atom stereocenters. The molecule has 0 radical (unpaired) electrons. The summed E-state index contributed by atoms with van der Waals surface area (Å²) in [6.45, 7) is 1.12. The summed E-state index contributed by atoms with van der Waals surface area (Å²) in [5.74, 6) is 0.853. The lowest BCUT2D eigenvalue weighted by Crippen LogP contribution is -2.29. The molecule has 1 saturated carbocycles. The molecule has 0 bridgehead atoms. The van der Waals surface area contributed by atoms with Crippen LogP contribution in [0.15, 0.2) is 30.5 Å². The van der Waals surface area contributed by atoms with Crippen LogP contribution in [0, 0.1) is 5.92 Å². The van der Waals surface area contributed by atoms with Crippen molar-refractivity contribution in [1.29, 1.82) is 0 Å². The van der Waals surface area contributed by atoms with Crippen LogP contribution in [0.25, 0.3) is 10.9 Å². The van der Waals surface area contributed by atoms with E-state index in [-0.39, 0.29) is 0 Å². The minimum Gasteiger partial charge on any atom is -0.398 e. The van der Waals surface area contributed by atoms with E-state index in [0.29, 0.717) is 0 Å². The van der Waals surface area contributed by atoms with Crippen molar-refractivity contribution < 1.29 is 0 Å². The first-order valence-corrected chi connectivity index (χ1v) is 6.60. The van der Waals surface area contributed by atoms with E-state index < -0.39 is 0 Å². The quantitative estimate of drug-likeness (QED) is 0.840. The van der Waals surface area contributed by atoms with Crippen LogP contribution in [0.2, 0.25) is 0 Å². The van der Waals surface area contributed by atoms with Crippen molar-refractivity contribution in [3.05, 3.63) is 30.5 Å². The Bertz CT molecular complexity index is 561. The molecule has 1 fully saturated rings. The summed E-state index contributed by atoms with van der Waals surface area (Å²) in [7, 11) is 2.15. The summed E-state index contributed by atoms with van der Waals surface area (Å²) in [6.07, 6.45) is 5.96. The zero-order valence-corrected chi connectivity index (χ0v) is 10.8. The molecule has 0 saturated heterocycles. The lowest BCUT2D eigenvalue weighted by atomic mass is 9.85. The number of hydrogen-bond donors (Lipinski definition) is 1. The van der Waals surface area contributed by atoms with Crippen LogP contribution in [0.1, 0.15) is 19.3 Å². The molecular formula is C15H19N3. The number of pyridine rings is 1.